The number of likely N-dealkylation sites (tertiary alicyclic amines) is 1. The molecule has 1 atom stereocenters. The molecule has 0 spiro atoms. The molecule has 2 N–H and O–H groups in total. The standard InChI is InChI=1S/C10H21N3O2/c1-3-11-10(12-5-7-15-2)13-6-4-9(14)8-13/h9,14H,3-8H2,1-2H3,(H,11,12)/t9-/m1/s1. The number of aliphatic hydroxyl groups excluding tert-OH is 1. The highest BCUT2D eigenvalue weighted by atomic mass is 16.5. The van der Waals surface area contributed by atoms with Crippen molar-refractivity contribution in [2.24, 2.45) is 4.99 Å². The zero-order valence-corrected chi connectivity index (χ0v) is 9.57. The van der Waals surface area contributed by atoms with E-state index in [2.05, 4.69) is 15.2 Å². The Bertz CT molecular complexity index is 209. The topological polar surface area (TPSA) is 57.1 Å². The van der Waals surface area contributed by atoms with Crippen molar-refractivity contribution in [2.75, 3.05) is 39.9 Å². The zero-order chi connectivity index (χ0) is 11.1. The monoisotopic (exact) mass is 215 g/mol. The minimum absolute atomic E-state index is 0.212. The lowest BCUT2D eigenvalue weighted by molar-refractivity contribution is 0.187. The van der Waals surface area contributed by atoms with Crippen molar-refractivity contribution in [1.29, 1.82) is 0 Å². The third kappa shape index (κ3) is 4.05. The van der Waals surface area contributed by atoms with Gasteiger partial charge in [-0.15, -0.1) is 0 Å². The van der Waals surface area contributed by atoms with Crippen LogP contribution in [0.3, 0.4) is 0 Å². The van der Waals surface area contributed by atoms with Crippen LogP contribution in [0.4, 0.5) is 0 Å². The molecule has 5 nitrogen and oxygen atoms in total. The first-order valence-corrected chi connectivity index (χ1v) is 5.48. The summed E-state index contributed by atoms with van der Waals surface area (Å²) in [6.07, 6.45) is 0.616. The molecule has 0 bridgehead atoms. The van der Waals surface area contributed by atoms with E-state index in [-0.39, 0.29) is 6.10 Å². The summed E-state index contributed by atoms with van der Waals surface area (Å²) in [5.74, 6) is 0.881. The van der Waals surface area contributed by atoms with E-state index in [4.69, 9.17) is 4.74 Å². The lowest BCUT2D eigenvalue weighted by Crippen LogP contribution is -2.40. The van der Waals surface area contributed by atoms with Crippen LogP contribution in [-0.2, 0) is 4.74 Å². The van der Waals surface area contributed by atoms with Gasteiger partial charge in [-0.05, 0) is 13.3 Å². The Hall–Kier alpha value is -0.810. The van der Waals surface area contributed by atoms with Crippen LogP contribution in [0.5, 0.6) is 0 Å². The fourth-order valence-corrected chi connectivity index (χ4v) is 1.60. The number of hydrogen-bond acceptors (Lipinski definition) is 3. The van der Waals surface area contributed by atoms with Gasteiger partial charge in [-0.2, -0.15) is 0 Å². The number of guanidine groups is 1. The van der Waals surface area contributed by atoms with Crippen LogP contribution in [0.1, 0.15) is 13.3 Å². The van der Waals surface area contributed by atoms with Crippen LogP contribution in [0.15, 0.2) is 4.99 Å². The number of β-amino-alcohol motifs (C(OH)–C–C–N with tert-alkyl or cyclic N) is 1. The normalized spacial score (nSPS) is 22.2. The second-order valence-electron chi connectivity index (χ2n) is 3.62. The van der Waals surface area contributed by atoms with Gasteiger partial charge < -0.3 is 20.1 Å². The molecule has 0 aromatic rings. The van der Waals surface area contributed by atoms with Crippen LogP contribution in [0.25, 0.3) is 0 Å². The summed E-state index contributed by atoms with van der Waals surface area (Å²) in [5, 5.41) is 12.7. The highest BCUT2D eigenvalue weighted by molar-refractivity contribution is 5.80. The first kappa shape index (κ1) is 12.3. The minimum atomic E-state index is -0.212. The molecule has 1 fully saturated rings. The van der Waals surface area contributed by atoms with Crippen molar-refractivity contribution in [2.45, 2.75) is 19.4 Å². The highest BCUT2D eigenvalue weighted by Gasteiger charge is 2.22. The fourth-order valence-electron chi connectivity index (χ4n) is 1.60. The maximum atomic E-state index is 9.44. The number of rotatable bonds is 4. The van der Waals surface area contributed by atoms with Gasteiger partial charge in [-0.3, -0.25) is 4.99 Å². The second-order valence-corrected chi connectivity index (χ2v) is 3.62. The van der Waals surface area contributed by atoms with Gasteiger partial charge in [0.15, 0.2) is 5.96 Å². The molecule has 88 valence electrons. The molecule has 0 amide bonds. The fraction of sp³-hybridized carbons (Fsp3) is 0.900. The van der Waals surface area contributed by atoms with Gasteiger partial charge in [0, 0.05) is 26.7 Å². The van der Waals surface area contributed by atoms with Gasteiger partial charge >= 0.3 is 0 Å². The Labute approximate surface area is 91.1 Å². The number of nitrogens with zero attached hydrogens (tertiary/aromatic N) is 2. The zero-order valence-electron chi connectivity index (χ0n) is 9.57. The number of aliphatic hydroxyl groups is 1. The lowest BCUT2D eigenvalue weighted by Gasteiger charge is -2.20. The summed E-state index contributed by atoms with van der Waals surface area (Å²) in [5.41, 5.74) is 0. The first-order valence-electron chi connectivity index (χ1n) is 5.48. The molecule has 1 rings (SSSR count). The van der Waals surface area contributed by atoms with E-state index in [0.717, 1.165) is 25.5 Å². The van der Waals surface area contributed by atoms with Gasteiger partial charge in [0.05, 0.1) is 19.3 Å². The maximum absolute atomic E-state index is 9.44. The van der Waals surface area contributed by atoms with Gasteiger partial charge in [0.25, 0.3) is 0 Å². The van der Waals surface area contributed by atoms with Gasteiger partial charge in [0.1, 0.15) is 0 Å². The van der Waals surface area contributed by atoms with E-state index < -0.39 is 0 Å². The predicted octanol–water partition coefficient (Wildman–Crippen LogP) is -0.335. The Kier molecular flexibility index (Phi) is 5.42. The second kappa shape index (κ2) is 6.63. The van der Waals surface area contributed by atoms with Crippen molar-refractivity contribution in [3.05, 3.63) is 0 Å². The minimum Gasteiger partial charge on any atom is -0.391 e. The Morgan fingerprint density at radius 2 is 2.47 bits per heavy atom. The largest absolute Gasteiger partial charge is 0.391 e. The summed E-state index contributed by atoms with van der Waals surface area (Å²) < 4.78 is 4.95. The molecule has 1 heterocycles. The van der Waals surface area contributed by atoms with Gasteiger partial charge in [-0.1, -0.05) is 0 Å². The smallest absolute Gasteiger partial charge is 0.194 e. The van der Waals surface area contributed by atoms with E-state index in [9.17, 15) is 5.11 Å². The Morgan fingerprint density at radius 1 is 1.67 bits per heavy atom. The predicted molar refractivity (Wildman–Crippen MR) is 60.1 cm³/mol. The number of methoxy groups -OCH3 is 1. The highest BCUT2D eigenvalue weighted by Crippen LogP contribution is 2.08. The molecule has 1 saturated heterocycles. The Balaban J connectivity index is 2.45. The molecular weight excluding hydrogens is 194 g/mol. The quantitative estimate of drug-likeness (QED) is 0.383. The van der Waals surface area contributed by atoms with Crippen LogP contribution in [0.2, 0.25) is 0 Å². The molecule has 0 aromatic carbocycles. The number of nitrogens with one attached hydrogen (secondary N) is 1. The van der Waals surface area contributed by atoms with Crippen molar-refractivity contribution in [1.82, 2.24) is 10.2 Å². The summed E-state index contributed by atoms with van der Waals surface area (Å²) in [6.45, 7) is 5.73. The van der Waals surface area contributed by atoms with Crippen molar-refractivity contribution >= 4 is 5.96 Å². The SMILES string of the molecule is CCNC(=NCCOC)N1CC[C@@H](O)C1. The molecule has 0 saturated carbocycles. The van der Waals surface area contributed by atoms with Crippen LogP contribution in [0, 0.1) is 0 Å². The van der Waals surface area contributed by atoms with Crippen LogP contribution < -0.4 is 5.32 Å². The summed E-state index contributed by atoms with van der Waals surface area (Å²) in [6, 6.07) is 0. The molecule has 0 aromatic heterocycles. The summed E-state index contributed by atoms with van der Waals surface area (Å²) in [7, 11) is 1.67. The number of ether oxygens (including phenoxy) is 1. The average molecular weight is 215 g/mol. The molecular formula is C10H21N3O2. The van der Waals surface area contributed by atoms with E-state index in [1.807, 2.05) is 6.92 Å². The number of hydrogen-bond donors (Lipinski definition) is 2. The Morgan fingerprint density at radius 3 is 3.00 bits per heavy atom. The lowest BCUT2D eigenvalue weighted by atomic mass is 10.3. The van der Waals surface area contributed by atoms with E-state index in [0.29, 0.717) is 19.7 Å². The van der Waals surface area contributed by atoms with E-state index >= 15 is 0 Å². The van der Waals surface area contributed by atoms with Gasteiger partial charge in [0.2, 0.25) is 0 Å². The van der Waals surface area contributed by atoms with E-state index in [1.54, 1.807) is 7.11 Å². The van der Waals surface area contributed by atoms with Crippen molar-refractivity contribution in [3.8, 4) is 0 Å². The summed E-state index contributed by atoms with van der Waals surface area (Å²) in [4.78, 5) is 6.50. The van der Waals surface area contributed by atoms with E-state index in [1.165, 1.54) is 0 Å². The average Bonchev–Trinajstić information content (AvgIpc) is 2.64. The van der Waals surface area contributed by atoms with Crippen molar-refractivity contribution in [3.63, 3.8) is 0 Å². The summed E-state index contributed by atoms with van der Waals surface area (Å²) >= 11 is 0. The third-order valence-corrected chi connectivity index (χ3v) is 2.35. The maximum Gasteiger partial charge on any atom is 0.194 e. The third-order valence-electron chi connectivity index (χ3n) is 2.35. The van der Waals surface area contributed by atoms with Gasteiger partial charge in [-0.25, -0.2) is 0 Å². The molecule has 1 aliphatic heterocycles. The van der Waals surface area contributed by atoms with Crippen LogP contribution >= 0.6 is 0 Å². The molecule has 5 heteroatoms. The molecule has 15 heavy (non-hydrogen) atoms. The van der Waals surface area contributed by atoms with Crippen LogP contribution in [-0.4, -0.2) is 62.0 Å². The molecule has 0 aliphatic carbocycles. The first-order chi connectivity index (χ1) is 7.27. The molecule has 0 unspecified atom stereocenters. The number of aliphatic imine (C=N–C) groups is 1. The van der Waals surface area contributed by atoms with Crippen molar-refractivity contribution < 1.29 is 9.84 Å². The molecule has 1 aliphatic rings. The molecule has 0 radical (unpaired) electrons.